The number of hydrogen-bond acceptors (Lipinski definition) is 1. The lowest BCUT2D eigenvalue weighted by molar-refractivity contribution is -0.137. The molecule has 6 heteroatoms. The second-order valence-electron chi connectivity index (χ2n) is 3.27. The van der Waals surface area contributed by atoms with Crippen LogP contribution in [0, 0.1) is 0 Å². The van der Waals surface area contributed by atoms with E-state index >= 15 is 0 Å². The molecule has 1 amide bonds. The molecule has 0 bridgehead atoms. The number of carbonyl (C=O) groups is 1. The minimum absolute atomic E-state index is 0.00363. The van der Waals surface area contributed by atoms with Crippen LogP contribution in [-0.2, 0) is 17.4 Å². The predicted octanol–water partition coefficient (Wildman–Crippen LogP) is 2.78. The van der Waals surface area contributed by atoms with Gasteiger partial charge in [-0.15, -0.1) is 0 Å². The first-order valence-corrected chi connectivity index (χ1v) is 4.82. The van der Waals surface area contributed by atoms with Crippen LogP contribution in [0.5, 0.6) is 0 Å². The molecule has 0 aliphatic carbocycles. The monoisotopic (exact) mass is 251 g/mol. The molecule has 0 spiro atoms. The fourth-order valence-corrected chi connectivity index (χ4v) is 1.46. The lowest BCUT2D eigenvalue weighted by Crippen LogP contribution is -2.11. The molecule has 1 aromatic carbocycles. The smallest absolute Gasteiger partial charge is 0.370 e. The maximum atomic E-state index is 12.3. The first kappa shape index (κ1) is 12.8. The molecule has 1 rings (SSSR count). The van der Waals surface area contributed by atoms with Gasteiger partial charge < -0.3 is 5.73 Å². The van der Waals surface area contributed by atoms with Crippen LogP contribution in [0.2, 0.25) is 5.02 Å². The van der Waals surface area contributed by atoms with E-state index in [4.69, 9.17) is 17.3 Å². The van der Waals surface area contributed by atoms with Gasteiger partial charge in [0.15, 0.2) is 0 Å². The fourth-order valence-electron chi connectivity index (χ4n) is 1.18. The van der Waals surface area contributed by atoms with Crippen LogP contribution in [-0.4, -0.2) is 5.91 Å². The molecule has 0 heterocycles. The number of rotatable bonds is 3. The Morgan fingerprint density at radius 1 is 1.38 bits per heavy atom. The van der Waals surface area contributed by atoms with Crippen molar-refractivity contribution in [3.63, 3.8) is 0 Å². The van der Waals surface area contributed by atoms with Gasteiger partial charge in [0, 0.05) is 11.4 Å². The van der Waals surface area contributed by atoms with Gasteiger partial charge in [-0.05, 0) is 24.1 Å². The number of carbonyl (C=O) groups excluding carboxylic acids is 1. The summed E-state index contributed by atoms with van der Waals surface area (Å²) in [5.41, 5.74) is 4.60. The van der Waals surface area contributed by atoms with Gasteiger partial charge in [-0.2, -0.15) is 13.2 Å². The molecule has 0 saturated heterocycles. The van der Waals surface area contributed by atoms with Crippen molar-refractivity contribution in [2.45, 2.75) is 19.0 Å². The summed E-state index contributed by atoms with van der Waals surface area (Å²) in [5.74, 6) is -0.518. The Hall–Kier alpha value is -1.23. The number of primary amides is 1. The number of alkyl halides is 3. The average molecular weight is 252 g/mol. The topological polar surface area (TPSA) is 43.1 Å². The van der Waals surface area contributed by atoms with E-state index in [9.17, 15) is 18.0 Å². The summed E-state index contributed by atoms with van der Waals surface area (Å²) in [6.07, 6.45) is -4.11. The molecule has 0 saturated carbocycles. The highest BCUT2D eigenvalue weighted by molar-refractivity contribution is 6.31. The highest BCUT2D eigenvalue weighted by Crippen LogP contribution is 2.32. The molecule has 0 unspecified atom stereocenters. The van der Waals surface area contributed by atoms with E-state index in [0.717, 1.165) is 12.1 Å². The van der Waals surface area contributed by atoms with Crippen molar-refractivity contribution in [2.75, 3.05) is 0 Å². The molecule has 0 aliphatic heterocycles. The number of nitrogens with two attached hydrogens (primary N) is 1. The van der Waals surface area contributed by atoms with E-state index < -0.39 is 17.6 Å². The molecular formula is C10H9ClF3NO. The third-order valence-corrected chi connectivity index (χ3v) is 2.37. The molecule has 0 radical (unpaired) electrons. The van der Waals surface area contributed by atoms with Crippen molar-refractivity contribution in [3.8, 4) is 0 Å². The van der Waals surface area contributed by atoms with Crippen LogP contribution in [0.1, 0.15) is 17.5 Å². The maximum absolute atomic E-state index is 12.3. The van der Waals surface area contributed by atoms with Gasteiger partial charge in [-0.25, -0.2) is 0 Å². The van der Waals surface area contributed by atoms with Crippen molar-refractivity contribution in [3.05, 3.63) is 34.3 Å². The third-order valence-electron chi connectivity index (χ3n) is 2.02. The Labute approximate surface area is 95.2 Å². The van der Waals surface area contributed by atoms with Crippen molar-refractivity contribution in [1.82, 2.24) is 0 Å². The van der Waals surface area contributed by atoms with E-state index in [1.807, 2.05) is 0 Å². The molecule has 16 heavy (non-hydrogen) atoms. The Bertz CT molecular complexity index is 404. The molecule has 2 nitrogen and oxygen atoms in total. The minimum atomic E-state index is -4.41. The first-order chi connectivity index (χ1) is 7.30. The number of benzene rings is 1. The SMILES string of the molecule is NC(=O)CCc1ccc(C(F)(F)F)cc1Cl. The average Bonchev–Trinajstić information content (AvgIpc) is 2.14. The number of aryl methyl sites for hydroxylation is 1. The highest BCUT2D eigenvalue weighted by Gasteiger charge is 2.30. The molecule has 88 valence electrons. The Balaban J connectivity index is 2.88. The summed E-state index contributed by atoms with van der Waals surface area (Å²) in [6, 6.07) is 3.04. The van der Waals surface area contributed by atoms with E-state index in [-0.39, 0.29) is 17.9 Å². The second kappa shape index (κ2) is 4.74. The van der Waals surface area contributed by atoms with E-state index in [1.165, 1.54) is 6.07 Å². The molecule has 0 aliphatic rings. The number of amides is 1. The summed E-state index contributed by atoms with van der Waals surface area (Å²) in [4.78, 5) is 10.5. The number of hydrogen-bond donors (Lipinski definition) is 1. The van der Waals surface area contributed by atoms with Gasteiger partial charge in [0.05, 0.1) is 5.56 Å². The van der Waals surface area contributed by atoms with Gasteiger partial charge in [-0.3, -0.25) is 4.79 Å². The zero-order valence-corrected chi connectivity index (χ0v) is 8.90. The lowest BCUT2D eigenvalue weighted by Gasteiger charge is -2.09. The Morgan fingerprint density at radius 2 is 2.00 bits per heavy atom. The molecule has 0 fully saturated rings. The van der Waals surface area contributed by atoms with Crippen LogP contribution < -0.4 is 5.73 Å². The Morgan fingerprint density at radius 3 is 2.44 bits per heavy atom. The van der Waals surface area contributed by atoms with Crippen molar-refractivity contribution < 1.29 is 18.0 Å². The standard InChI is InChI=1S/C10H9ClF3NO/c11-8-5-7(10(12,13)14)3-1-6(8)2-4-9(15)16/h1,3,5H,2,4H2,(H2,15,16). The van der Waals surface area contributed by atoms with E-state index in [0.29, 0.717) is 5.56 Å². The molecule has 0 atom stereocenters. The third kappa shape index (κ3) is 3.41. The Kier molecular flexibility index (Phi) is 3.80. The normalized spacial score (nSPS) is 11.5. The summed E-state index contributed by atoms with van der Waals surface area (Å²) in [5, 5.41) is -0.00363. The van der Waals surface area contributed by atoms with Crippen LogP contribution in [0.3, 0.4) is 0 Å². The van der Waals surface area contributed by atoms with Crippen LogP contribution in [0.25, 0.3) is 0 Å². The summed E-state index contributed by atoms with van der Waals surface area (Å²) in [6.45, 7) is 0. The summed E-state index contributed by atoms with van der Waals surface area (Å²) in [7, 11) is 0. The zero-order chi connectivity index (χ0) is 12.3. The van der Waals surface area contributed by atoms with Crippen molar-refractivity contribution in [2.24, 2.45) is 5.73 Å². The van der Waals surface area contributed by atoms with E-state index in [2.05, 4.69) is 0 Å². The summed E-state index contributed by atoms with van der Waals surface area (Å²) >= 11 is 5.67. The van der Waals surface area contributed by atoms with Gasteiger partial charge >= 0.3 is 6.18 Å². The molecule has 0 aromatic heterocycles. The van der Waals surface area contributed by atoms with Gasteiger partial charge in [-0.1, -0.05) is 17.7 Å². The number of halogens is 4. The molecule has 1 aromatic rings. The minimum Gasteiger partial charge on any atom is -0.370 e. The van der Waals surface area contributed by atoms with Crippen molar-refractivity contribution >= 4 is 17.5 Å². The van der Waals surface area contributed by atoms with Gasteiger partial charge in [0.1, 0.15) is 0 Å². The first-order valence-electron chi connectivity index (χ1n) is 4.44. The largest absolute Gasteiger partial charge is 0.416 e. The fraction of sp³-hybridized carbons (Fsp3) is 0.300. The quantitative estimate of drug-likeness (QED) is 0.882. The molecule has 2 N–H and O–H groups in total. The maximum Gasteiger partial charge on any atom is 0.416 e. The van der Waals surface area contributed by atoms with Gasteiger partial charge in [0.2, 0.25) is 5.91 Å². The van der Waals surface area contributed by atoms with E-state index in [1.54, 1.807) is 0 Å². The predicted molar refractivity (Wildman–Crippen MR) is 54.0 cm³/mol. The highest BCUT2D eigenvalue weighted by atomic mass is 35.5. The van der Waals surface area contributed by atoms with Crippen LogP contribution in [0.4, 0.5) is 13.2 Å². The zero-order valence-electron chi connectivity index (χ0n) is 8.14. The van der Waals surface area contributed by atoms with Crippen LogP contribution >= 0.6 is 11.6 Å². The van der Waals surface area contributed by atoms with Gasteiger partial charge in [0.25, 0.3) is 0 Å². The van der Waals surface area contributed by atoms with Crippen LogP contribution in [0.15, 0.2) is 18.2 Å². The second-order valence-corrected chi connectivity index (χ2v) is 3.68. The lowest BCUT2D eigenvalue weighted by atomic mass is 10.1. The summed E-state index contributed by atoms with van der Waals surface area (Å²) < 4.78 is 36.8. The molecular weight excluding hydrogens is 243 g/mol. The van der Waals surface area contributed by atoms with Crippen molar-refractivity contribution in [1.29, 1.82) is 0 Å².